The Morgan fingerprint density at radius 2 is 1.69 bits per heavy atom. The van der Waals surface area contributed by atoms with Gasteiger partial charge in [-0.25, -0.2) is 13.8 Å². The van der Waals surface area contributed by atoms with Crippen molar-refractivity contribution in [1.82, 2.24) is 30.1 Å². The molecule has 6 rings (SSSR count). The molecule has 2 aromatic carbocycles. The van der Waals surface area contributed by atoms with E-state index in [0.717, 1.165) is 39.8 Å². The highest BCUT2D eigenvalue weighted by Gasteiger charge is 2.17. The number of halogens is 2. The number of fused-ring (bicyclic) bond motifs is 2. The quantitative estimate of drug-likeness (QED) is 0.182. The second kappa shape index (κ2) is 9.88. The highest BCUT2D eigenvalue weighted by molar-refractivity contribution is 5.98. The first-order valence-electron chi connectivity index (χ1n) is 12.5. The third-order valence-corrected chi connectivity index (χ3v) is 6.51. The van der Waals surface area contributed by atoms with Crippen molar-refractivity contribution in [2.75, 3.05) is 5.32 Å². The number of aliphatic hydroxyl groups excluding tert-OH is 1. The van der Waals surface area contributed by atoms with Gasteiger partial charge in [0.15, 0.2) is 17.5 Å². The van der Waals surface area contributed by atoms with E-state index in [0.29, 0.717) is 46.0 Å². The molecule has 4 heterocycles. The fraction of sp³-hybridized carbons (Fsp3) is 0.172. The molecule has 0 aliphatic rings. The van der Waals surface area contributed by atoms with Gasteiger partial charge in [-0.3, -0.25) is 15.1 Å². The van der Waals surface area contributed by atoms with Crippen molar-refractivity contribution >= 4 is 27.6 Å². The Labute approximate surface area is 222 Å². The van der Waals surface area contributed by atoms with E-state index in [1.54, 1.807) is 24.8 Å². The predicted octanol–water partition coefficient (Wildman–Crippen LogP) is 6.28. The van der Waals surface area contributed by atoms with E-state index in [1.807, 2.05) is 24.3 Å². The molecule has 10 heteroatoms. The molecule has 39 heavy (non-hydrogen) atoms. The van der Waals surface area contributed by atoms with Gasteiger partial charge in [0.05, 0.1) is 34.6 Å². The lowest BCUT2D eigenvalue weighted by Crippen LogP contribution is -2.20. The zero-order chi connectivity index (χ0) is 27.1. The average molecular weight is 526 g/mol. The van der Waals surface area contributed by atoms with Crippen LogP contribution >= 0.6 is 0 Å². The molecule has 4 N–H and O–H groups in total. The minimum atomic E-state index is -0.936. The van der Waals surface area contributed by atoms with Crippen molar-refractivity contribution in [1.29, 1.82) is 0 Å². The van der Waals surface area contributed by atoms with Crippen molar-refractivity contribution in [2.24, 2.45) is 5.92 Å². The van der Waals surface area contributed by atoms with Crippen LogP contribution in [0, 0.1) is 17.6 Å². The molecule has 1 unspecified atom stereocenters. The lowest BCUT2D eigenvalue weighted by atomic mass is 10.0. The molecule has 4 aromatic heterocycles. The Kier molecular flexibility index (Phi) is 6.24. The van der Waals surface area contributed by atoms with Crippen molar-refractivity contribution in [3.8, 4) is 33.8 Å². The molecule has 6 aromatic rings. The molecule has 196 valence electrons. The van der Waals surface area contributed by atoms with E-state index >= 15 is 0 Å². The summed E-state index contributed by atoms with van der Waals surface area (Å²) in [6.45, 7) is 4.11. The van der Waals surface area contributed by atoms with E-state index < -0.39 is 17.9 Å². The number of nitrogens with one attached hydrogen (secondary N) is 3. The van der Waals surface area contributed by atoms with Gasteiger partial charge in [-0.1, -0.05) is 26.0 Å². The Morgan fingerprint density at radius 3 is 2.51 bits per heavy atom. The van der Waals surface area contributed by atoms with Crippen LogP contribution in [0.15, 0.2) is 67.3 Å². The zero-order valence-electron chi connectivity index (χ0n) is 21.2. The molecule has 0 aliphatic heterocycles. The van der Waals surface area contributed by atoms with Gasteiger partial charge in [0.2, 0.25) is 0 Å². The van der Waals surface area contributed by atoms with E-state index in [1.165, 1.54) is 6.07 Å². The van der Waals surface area contributed by atoms with Crippen molar-refractivity contribution in [2.45, 2.75) is 26.5 Å². The largest absolute Gasteiger partial charge is 0.374 e. The number of imidazole rings is 1. The van der Waals surface area contributed by atoms with Gasteiger partial charge >= 0.3 is 0 Å². The summed E-state index contributed by atoms with van der Waals surface area (Å²) >= 11 is 0. The number of rotatable bonds is 7. The summed E-state index contributed by atoms with van der Waals surface area (Å²) in [6.07, 6.45) is 6.62. The molecule has 0 bridgehead atoms. The first-order valence-corrected chi connectivity index (χ1v) is 12.5. The van der Waals surface area contributed by atoms with Gasteiger partial charge in [0.1, 0.15) is 11.9 Å². The molecule has 1 atom stereocenters. The van der Waals surface area contributed by atoms with Crippen LogP contribution < -0.4 is 5.32 Å². The molecule has 0 saturated heterocycles. The lowest BCUT2D eigenvalue weighted by molar-refractivity contribution is 0.176. The molecule has 8 nitrogen and oxygen atoms in total. The van der Waals surface area contributed by atoms with Crippen LogP contribution in [0.2, 0.25) is 0 Å². The molecular weight excluding hydrogens is 500 g/mol. The van der Waals surface area contributed by atoms with Gasteiger partial charge < -0.3 is 15.4 Å². The highest BCUT2D eigenvalue weighted by atomic mass is 19.2. The van der Waals surface area contributed by atoms with E-state index in [2.05, 4.69) is 44.3 Å². The third kappa shape index (κ3) is 4.82. The molecular formula is C29H25F2N7O. The van der Waals surface area contributed by atoms with E-state index in [-0.39, 0.29) is 0 Å². The second-order valence-corrected chi connectivity index (χ2v) is 9.88. The monoisotopic (exact) mass is 525 g/mol. The summed E-state index contributed by atoms with van der Waals surface area (Å²) in [5.41, 5.74) is 6.20. The summed E-state index contributed by atoms with van der Waals surface area (Å²) < 4.78 is 27.4. The molecule has 0 radical (unpaired) electrons. The maximum Gasteiger partial charge on any atom is 0.159 e. The molecule has 0 fully saturated rings. The van der Waals surface area contributed by atoms with Crippen molar-refractivity contribution < 1.29 is 13.9 Å². The number of aromatic amines is 2. The third-order valence-electron chi connectivity index (χ3n) is 6.51. The number of anilines is 1. The fourth-order valence-electron chi connectivity index (χ4n) is 4.67. The maximum absolute atomic E-state index is 13.9. The lowest BCUT2D eigenvalue weighted by Gasteiger charge is -2.16. The SMILES string of the molecule is CC(C)CC(O)Nc1cncc(-c2ccc3[nH]nc(-c4nc5c(-c6ccc(F)c(F)c6)cncc5[nH]4)c3c2)c1. The van der Waals surface area contributed by atoms with Gasteiger partial charge in [-0.2, -0.15) is 5.10 Å². The number of pyridine rings is 2. The van der Waals surface area contributed by atoms with Crippen molar-refractivity contribution in [3.05, 3.63) is 78.9 Å². The van der Waals surface area contributed by atoms with Crippen LogP contribution in [0.3, 0.4) is 0 Å². The number of aromatic nitrogens is 6. The predicted molar refractivity (Wildman–Crippen MR) is 147 cm³/mol. The standard InChI is InChI=1S/C29H25F2N7O/c1-15(2)7-26(39)34-19-8-18(11-32-12-19)16-4-6-24-20(9-16)28(38-37-24)29-35-25-14-33-13-21(27(25)36-29)17-3-5-22(30)23(31)10-17/h3-6,8-15,26,34,39H,7H2,1-2H3,(H,35,36)(H,37,38). The van der Waals surface area contributed by atoms with E-state index in [9.17, 15) is 13.9 Å². The Balaban J connectivity index is 1.38. The van der Waals surface area contributed by atoms with Crippen LogP contribution in [0.1, 0.15) is 20.3 Å². The van der Waals surface area contributed by atoms with Gasteiger partial charge in [-0.05, 0) is 53.8 Å². The normalized spacial score (nSPS) is 12.5. The number of hydrogen-bond donors (Lipinski definition) is 4. The maximum atomic E-state index is 13.9. The van der Waals surface area contributed by atoms with Crippen molar-refractivity contribution in [3.63, 3.8) is 0 Å². The topological polar surface area (TPSA) is 115 Å². The van der Waals surface area contributed by atoms with Crippen LogP contribution in [0.25, 0.3) is 55.7 Å². The fourth-order valence-corrected chi connectivity index (χ4v) is 4.67. The Hall–Kier alpha value is -4.70. The number of nitrogens with zero attached hydrogens (tertiary/aromatic N) is 4. The summed E-state index contributed by atoms with van der Waals surface area (Å²) in [6, 6.07) is 11.6. The number of benzene rings is 2. The van der Waals surface area contributed by atoms with Gasteiger partial charge in [-0.15, -0.1) is 0 Å². The smallest absolute Gasteiger partial charge is 0.159 e. The second-order valence-electron chi connectivity index (χ2n) is 9.88. The summed E-state index contributed by atoms with van der Waals surface area (Å²) in [5, 5.41) is 21.8. The number of H-pyrrole nitrogens is 2. The summed E-state index contributed by atoms with van der Waals surface area (Å²) in [4.78, 5) is 16.6. The average Bonchev–Trinajstić information content (AvgIpc) is 3.53. The van der Waals surface area contributed by atoms with Gasteiger partial charge in [0.25, 0.3) is 0 Å². The molecule has 0 amide bonds. The minimum Gasteiger partial charge on any atom is -0.374 e. The number of aliphatic hydroxyl groups is 1. The van der Waals surface area contributed by atoms with Crippen LogP contribution in [0.4, 0.5) is 14.5 Å². The summed E-state index contributed by atoms with van der Waals surface area (Å²) in [7, 11) is 0. The zero-order valence-corrected chi connectivity index (χ0v) is 21.2. The van der Waals surface area contributed by atoms with Crippen LogP contribution in [-0.2, 0) is 0 Å². The van der Waals surface area contributed by atoms with Gasteiger partial charge in [0, 0.05) is 28.9 Å². The molecule has 0 aliphatic carbocycles. The molecule has 0 saturated carbocycles. The first kappa shape index (κ1) is 24.6. The Morgan fingerprint density at radius 1 is 0.872 bits per heavy atom. The first-order chi connectivity index (χ1) is 18.9. The molecule has 0 spiro atoms. The number of hydrogen-bond acceptors (Lipinski definition) is 6. The minimum absolute atomic E-state index is 0.354. The van der Waals surface area contributed by atoms with E-state index in [4.69, 9.17) is 4.98 Å². The van der Waals surface area contributed by atoms with Crippen LogP contribution in [-0.4, -0.2) is 41.5 Å². The van der Waals surface area contributed by atoms with Crippen LogP contribution in [0.5, 0.6) is 0 Å². The highest BCUT2D eigenvalue weighted by Crippen LogP contribution is 2.33. The summed E-state index contributed by atoms with van der Waals surface area (Å²) in [5.74, 6) is -0.985. The Bertz CT molecular complexity index is 1810.